The molecule has 0 aliphatic rings. The number of terminal acetylenes is 1. The molecule has 0 N–H and O–H groups in total. The van der Waals surface area contributed by atoms with Gasteiger partial charge in [-0.05, 0) is 18.2 Å². The van der Waals surface area contributed by atoms with Gasteiger partial charge in [-0.15, -0.1) is 6.42 Å². The Kier molecular flexibility index (Phi) is 3.87. The van der Waals surface area contributed by atoms with Gasteiger partial charge in [0.25, 0.3) is 0 Å². The molecule has 1 rings (SSSR count). The standard InChI is InChI=1S/C10H7ClNO/c1-2-7-13-12-8-9-5-3-4-6-10(9)11/h1,4-6,8H,7H2/b12-8+. The molecule has 1 aromatic rings. The number of halogens is 1. The van der Waals surface area contributed by atoms with Gasteiger partial charge in [-0.1, -0.05) is 28.7 Å². The fraction of sp³-hybridized carbons (Fsp3) is 0.100. The van der Waals surface area contributed by atoms with Gasteiger partial charge in [0.15, 0.2) is 6.61 Å². The van der Waals surface area contributed by atoms with E-state index >= 15 is 0 Å². The molecule has 1 aromatic carbocycles. The van der Waals surface area contributed by atoms with E-state index in [1.807, 2.05) is 0 Å². The van der Waals surface area contributed by atoms with E-state index in [-0.39, 0.29) is 6.61 Å². The average Bonchev–Trinajstić information content (AvgIpc) is 2.15. The van der Waals surface area contributed by atoms with Crippen LogP contribution in [0, 0.1) is 18.4 Å². The van der Waals surface area contributed by atoms with Gasteiger partial charge in [0.05, 0.1) is 6.21 Å². The van der Waals surface area contributed by atoms with Gasteiger partial charge in [0, 0.05) is 10.6 Å². The summed E-state index contributed by atoms with van der Waals surface area (Å²) in [5, 5.41) is 4.22. The van der Waals surface area contributed by atoms with Crippen LogP contribution in [0.3, 0.4) is 0 Å². The Balaban J connectivity index is 2.59. The van der Waals surface area contributed by atoms with Crippen LogP contribution in [0.1, 0.15) is 5.56 Å². The highest BCUT2D eigenvalue weighted by Gasteiger charge is 1.93. The minimum absolute atomic E-state index is 0.157. The van der Waals surface area contributed by atoms with E-state index < -0.39 is 0 Å². The Morgan fingerprint density at radius 2 is 2.62 bits per heavy atom. The Labute approximate surface area is 82.2 Å². The number of benzene rings is 1. The van der Waals surface area contributed by atoms with E-state index in [2.05, 4.69) is 17.1 Å². The highest BCUT2D eigenvalue weighted by molar-refractivity contribution is 6.33. The lowest BCUT2D eigenvalue weighted by Crippen LogP contribution is -1.86. The van der Waals surface area contributed by atoms with E-state index in [1.165, 1.54) is 6.21 Å². The predicted octanol–water partition coefficient (Wildman–Crippen LogP) is 2.12. The molecule has 0 aliphatic heterocycles. The quantitative estimate of drug-likeness (QED) is 0.311. The zero-order chi connectivity index (χ0) is 9.52. The van der Waals surface area contributed by atoms with Crippen LogP contribution < -0.4 is 0 Å². The normalized spacial score (nSPS) is 9.85. The summed E-state index contributed by atoms with van der Waals surface area (Å²) in [6.45, 7) is 0.157. The summed E-state index contributed by atoms with van der Waals surface area (Å²) in [6, 6.07) is 8.03. The van der Waals surface area contributed by atoms with Crippen LogP contribution in [0.2, 0.25) is 5.02 Å². The van der Waals surface area contributed by atoms with Crippen molar-refractivity contribution in [3.8, 4) is 12.3 Å². The lowest BCUT2D eigenvalue weighted by molar-refractivity contribution is 0.181. The molecule has 3 heteroatoms. The molecule has 0 heterocycles. The second-order valence-electron chi connectivity index (χ2n) is 2.16. The fourth-order valence-electron chi connectivity index (χ4n) is 0.692. The molecule has 0 saturated heterocycles. The van der Waals surface area contributed by atoms with Crippen molar-refractivity contribution < 1.29 is 4.84 Å². The first-order valence-electron chi connectivity index (χ1n) is 3.59. The molecule has 0 fully saturated rings. The molecule has 0 unspecified atom stereocenters. The van der Waals surface area contributed by atoms with Crippen molar-refractivity contribution >= 4 is 17.8 Å². The minimum atomic E-state index is 0.157. The summed E-state index contributed by atoms with van der Waals surface area (Å²) in [6.07, 6.45) is 6.45. The fourth-order valence-corrected chi connectivity index (χ4v) is 0.858. The van der Waals surface area contributed by atoms with Crippen LogP contribution in [0.15, 0.2) is 23.4 Å². The Morgan fingerprint density at radius 3 is 3.31 bits per heavy atom. The van der Waals surface area contributed by atoms with Crippen LogP contribution >= 0.6 is 11.6 Å². The van der Waals surface area contributed by atoms with E-state index in [9.17, 15) is 0 Å². The molecule has 0 atom stereocenters. The zero-order valence-corrected chi connectivity index (χ0v) is 7.58. The van der Waals surface area contributed by atoms with Crippen molar-refractivity contribution in [2.45, 2.75) is 0 Å². The van der Waals surface area contributed by atoms with Crippen molar-refractivity contribution in [1.29, 1.82) is 0 Å². The van der Waals surface area contributed by atoms with Gasteiger partial charge in [0.1, 0.15) is 0 Å². The summed E-state index contributed by atoms with van der Waals surface area (Å²) in [7, 11) is 0. The van der Waals surface area contributed by atoms with Gasteiger partial charge in [-0.25, -0.2) is 0 Å². The van der Waals surface area contributed by atoms with Crippen molar-refractivity contribution in [2.24, 2.45) is 5.16 Å². The first kappa shape index (κ1) is 9.63. The van der Waals surface area contributed by atoms with Gasteiger partial charge < -0.3 is 4.84 Å². The summed E-state index contributed by atoms with van der Waals surface area (Å²) < 4.78 is 0. The van der Waals surface area contributed by atoms with Crippen LogP contribution in [-0.4, -0.2) is 12.8 Å². The molecule has 0 aromatic heterocycles. The molecule has 65 valence electrons. The third kappa shape index (κ3) is 3.18. The first-order valence-corrected chi connectivity index (χ1v) is 3.97. The molecule has 0 spiro atoms. The maximum Gasteiger partial charge on any atom is 0.177 e. The monoisotopic (exact) mass is 192 g/mol. The van der Waals surface area contributed by atoms with Gasteiger partial charge in [-0.2, -0.15) is 0 Å². The molecule has 0 aliphatic carbocycles. The van der Waals surface area contributed by atoms with Gasteiger partial charge in [0.2, 0.25) is 0 Å². The lowest BCUT2D eigenvalue weighted by Gasteiger charge is -1.94. The van der Waals surface area contributed by atoms with E-state index in [4.69, 9.17) is 22.9 Å². The Bertz CT molecular complexity index is 341. The average molecular weight is 193 g/mol. The lowest BCUT2D eigenvalue weighted by atomic mass is 10.2. The number of hydrogen-bond donors (Lipinski definition) is 0. The molecule has 2 nitrogen and oxygen atoms in total. The van der Waals surface area contributed by atoms with Crippen molar-refractivity contribution in [3.05, 3.63) is 34.9 Å². The molecular weight excluding hydrogens is 186 g/mol. The number of oxime groups is 1. The molecule has 0 saturated carbocycles. The van der Waals surface area contributed by atoms with Gasteiger partial charge >= 0.3 is 0 Å². The number of nitrogens with zero attached hydrogens (tertiary/aromatic N) is 1. The minimum Gasteiger partial charge on any atom is -0.383 e. The second kappa shape index (κ2) is 5.23. The zero-order valence-electron chi connectivity index (χ0n) is 6.83. The summed E-state index contributed by atoms with van der Waals surface area (Å²) in [5.41, 5.74) is 0.751. The highest BCUT2D eigenvalue weighted by Crippen LogP contribution is 2.11. The van der Waals surface area contributed by atoms with E-state index in [0.29, 0.717) is 5.02 Å². The smallest absolute Gasteiger partial charge is 0.177 e. The van der Waals surface area contributed by atoms with Crippen molar-refractivity contribution in [3.63, 3.8) is 0 Å². The Hall–Kier alpha value is -1.46. The topological polar surface area (TPSA) is 21.6 Å². The molecule has 13 heavy (non-hydrogen) atoms. The third-order valence-electron chi connectivity index (χ3n) is 1.25. The highest BCUT2D eigenvalue weighted by atomic mass is 35.5. The number of rotatable bonds is 3. The SMILES string of the molecule is C#CCO/N=C/c1c[c]ccc1Cl. The van der Waals surface area contributed by atoms with E-state index in [0.717, 1.165) is 5.56 Å². The summed E-state index contributed by atoms with van der Waals surface area (Å²) in [5.74, 6) is 2.29. The van der Waals surface area contributed by atoms with Crippen LogP contribution in [-0.2, 0) is 4.84 Å². The predicted molar refractivity (Wildman–Crippen MR) is 52.7 cm³/mol. The second-order valence-corrected chi connectivity index (χ2v) is 2.57. The summed E-state index contributed by atoms with van der Waals surface area (Å²) >= 11 is 5.83. The first-order chi connectivity index (χ1) is 6.34. The van der Waals surface area contributed by atoms with Crippen LogP contribution in [0.4, 0.5) is 0 Å². The van der Waals surface area contributed by atoms with Crippen molar-refractivity contribution in [2.75, 3.05) is 6.61 Å². The summed E-state index contributed by atoms with van der Waals surface area (Å²) in [4.78, 5) is 4.70. The van der Waals surface area contributed by atoms with Crippen LogP contribution in [0.25, 0.3) is 0 Å². The third-order valence-corrected chi connectivity index (χ3v) is 1.60. The van der Waals surface area contributed by atoms with Gasteiger partial charge in [-0.3, -0.25) is 0 Å². The Morgan fingerprint density at radius 1 is 1.77 bits per heavy atom. The van der Waals surface area contributed by atoms with E-state index in [1.54, 1.807) is 18.2 Å². The maximum atomic E-state index is 5.83. The van der Waals surface area contributed by atoms with Crippen LogP contribution in [0.5, 0.6) is 0 Å². The maximum absolute atomic E-state index is 5.83. The van der Waals surface area contributed by atoms with Crippen molar-refractivity contribution in [1.82, 2.24) is 0 Å². The molecular formula is C10H7ClNO. The molecule has 0 amide bonds. The molecule has 1 radical (unpaired) electrons. The largest absolute Gasteiger partial charge is 0.383 e. The molecule has 0 bridgehead atoms. The number of hydrogen-bond acceptors (Lipinski definition) is 2.